The number of carbonyl (C=O) groups is 1. The van der Waals surface area contributed by atoms with E-state index in [1.165, 1.54) is 89.5 Å². The standard InChI is InChI=1S/C41H68O4Si/c1-6-8-10-13-34-14-16-35(17-15-34)36-18-20-37(21-19-36)38-22-24-39(25-23-38)46(4,5)28-12-9-11-27-45-40(42)33(3)29-43-30-41(26-7-2)31-44-32-41/h22-25,34-37H,3,6-21,26-32H2,1-2,4-5H3. The molecule has 0 unspecified atom stereocenters. The van der Waals surface area contributed by atoms with Gasteiger partial charge in [-0.2, -0.15) is 0 Å². The normalized spacial score (nSPS) is 24.7. The summed E-state index contributed by atoms with van der Waals surface area (Å²) in [4.78, 5) is 12.3. The Hall–Kier alpha value is -1.43. The van der Waals surface area contributed by atoms with Crippen LogP contribution in [-0.2, 0) is 19.0 Å². The van der Waals surface area contributed by atoms with E-state index in [4.69, 9.17) is 14.2 Å². The molecule has 0 spiro atoms. The highest BCUT2D eigenvalue weighted by Crippen LogP contribution is 2.44. The van der Waals surface area contributed by atoms with Crippen LogP contribution in [0.15, 0.2) is 36.4 Å². The smallest absolute Gasteiger partial charge is 0.335 e. The predicted molar refractivity (Wildman–Crippen MR) is 196 cm³/mol. The third kappa shape index (κ3) is 11.3. The average molecular weight is 653 g/mol. The summed E-state index contributed by atoms with van der Waals surface area (Å²) in [5, 5.41) is 1.58. The van der Waals surface area contributed by atoms with Gasteiger partial charge in [-0.25, -0.2) is 4.79 Å². The van der Waals surface area contributed by atoms with Crippen molar-refractivity contribution in [3.05, 3.63) is 42.0 Å². The molecule has 4 nitrogen and oxygen atoms in total. The van der Waals surface area contributed by atoms with Gasteiger partial charge in [0.2, 0.25) is 0 Å². The fourth-order valence-electron chi connectivity index (χ4n) is 8.69. The number of hydrogen-bond acceptors (Lipinski definition) is 4. The van der Waals surface area contributed by atoms with Crippen LogP contribution in [0, 0.1) is 23.2 Å². The van der Waals surface area contributed by atoms with Gasteiger partial charge in [0.15, 0.2) is 0 Å². The maximum atomic E-state index is 12.3. The quantitative estimate of drug-likeness (QED) is 0.0609. The topological polar surface area (TPSA) is 44.8 Å². The highest BCUT2D eigenvalue weighted by atomic mass is 28.3. The molecule has 3 fully saturated rings. The van der Waals surface area contributed by atoms with Gasteiger partial charge in [0.05, 0.1) is 46.7 Å². The Kier molecular flexibility index (Phi) is 15.4. The zero-order valence-corrected chi connectivity index (χ0v) is 31.2. The molecule has 1 heterocycles. The lowest BCUT2D eigenvalue weighted by Crippen LogP contribution is -2.46. The van der Waals surface area contributed by atoms with Gasteiger partial charge in [0, 0.05) is 5.41 Å². The second-order valence-electron chi connectivity index (χ2n) is 16.2. The summed E-state index contributed by atoms with van der Waals surface area (Å²) in [6.07, 6.45) is 22.8. The predicted octanol–water partition coefficient (Wildman–Crippen LogP) is 10.4. The molecule has 260 valence electrons. The SMILES string of the molecule is C=C(COCC1(CCC)COC1)C(=O)OCCCCC[Si](C)(C)c1ccc(C2CCC(C3CCC(CCCCC)CC3)CC2)cc1. The summed E-state index contributed by atoms with van der Waals surface area (Å²) in [6.45, 7) is 16.2. The molecule has 1 aromatic carbocycles. The van der Waals surface area contributed by atoms with Gasteiger partial charge in [-0.15, -0.1) is 0 Å². The Morgan fingerprint density at radius 3 is 2.15 bits per heavy atom. The van der Waals surface area contributed by atoms with E-state index < -0.39 is 8.07 Å². The fourth-order valence-corrected chi connectivity index (χ4v) is 11.2. The van der Waals surface area contributed by atoms with Crippen LogP contribution in [0.5, 0.6) is 0 Å². The van der Waals surface area contributed by atoms with Crippen molar-refractivity contribution < 1.29 is 19.0 Å². The molecule has 46 heavy (non-hydrogen) atoms. The minimum atomic E-state index is -1.48. The number of rotatable bonds is 20. The van der Waals surface area contributed by atoms with Crippen LogP contribution in [-0.4, -0.2) is 47.1 Å². The Morgan fingerprint density at radius 2 is 1.54 bits per heavy atom. The molecule has 0 radical (unpaired) electrons. The van der Waals surface area contributed by atoms with Gasteiger partial charge in [0.25, 0.3) is 0 Å². The summed E-state index contributed by atoms with van der Waals surface area (Å²) >= 11 is 0. The van der Waals surface area contributed by atoms with Gasteiger partial charge in [0.1, 0.15) is 0 Å². The number of esters is 1. The lowest BCUT2D eigenvalue weighted by molar-refractivity contribution is -0.153. The summed E-state index contributed by atoms with van der Waals surface area (Å²) in [5.74, 6) is 3.48. The molecule has 1 aromatic rings. The van der Waals surface area contributed by atoms with E-state index in [1.54, 1.807) is 10.8 Å². The Balaban J connectivity index is 1.07. The number of ether oxygens (including phenoxy) is 3. The van der Waals surface area contributed by atoms with Gasteiger partial charge in [-0.3, -0.25) is 0 Å². The van der Waals surface area contributed by atoms with Crippen molar-refractivity contribution in [3.8, 4) is 0 Å². The third-order valence-corrected chi connectivity index (χ3v) is 15.5. The first kappa shape index (κ1) is 37.4. The molecule has 0 aromatic heterocycles. The minimum Gasteiger partial charge on any atom is -0.462 e. The van der Waals surface area contributed by atoms with Crippen molar-refractivity contribution in [2.45, 2.75) is 148 Å². The van der Waals surface area contributed by atoms with E-state index in [0.717, 1.165) is 62.6 Å². The van der Waals surface area contributed by atoms with Crippen LogP contribution >= 0.6 is 0 Å². The zero-order valence-electron chi connectivity index (χ0n) is 30.2. The van der Waals surface area contributed by atoms with Crippen LogP contribution in [0.1, 0.15) is 134 Å². The number of carbonyl (C=O) groups excluding carboxylic acids is 1. The first-order valence-electron chi connectivity index (χ1n) is 19.4. The number of hydrogen-bond donors (Lipinski definition) is 0. The van der Waals surface area contributed by atoms with E-state index in [0.29, 0.717) is 18.8 Å². The summed E-state index contributed by atoms with van der Waals surface area (Å²) in [6, 6.07) is 11.1. The molecular weight excluding hydrogens is 585 g/mol. The number of benzene rings is 1. The summed E-state index contributed by atoms with van der Waals surface area (Å²) in [7, 11) is -1.48. The van der Waals surface area contributed by atoms with E-state index in [-0.39, 0.29) is 18.0 Å². The Labute approximate surface area is 283 Å². The molecule has 5 heteroatoms. The van der Waals surface area contributed by atoms with E-state index >= 15 is 0 Å². The van der Waals surface area contributed by atoms with Gasteiger partial charge in [-0.05, 0) is 80.6 Å². The highest BCUT2D eigenvalue weighted by Gasteiger charge is 2.38. The second-order valence-corrected chi connectivity index (χ2v) is 21.0. The van der Waals surface area contributed by atoms with Gasteiger partial charge < -0.3 is 14.2 Å². The molecule has 1 saturated heterocycles. The number of unbranched alkanes of at least 4 members (excludes halogenated alkanes) is 4. The molecule has 2 saturated carbocycles. The Bertz CT molecular complexity index is 1030. The Morgan fingerprint density at radius 1 is 0.870 bits per heavy atom. The molecule has 0 N–H and O–H groups in total. The van der Waals surface area contributed by atoms with Crippen LogP contribution in [0.3, 0.4) is 0 Å². The molecule has 4 rings (SSSR count). The molecular formula is C41H68O4Si. The molecule has 3 aliphatic rings. The van der Waals surface area contributed by atoms with Crippen molar-refractivity contribution in [3.63, 3.8) is 0 Å². The van der Waals surface area contributed by atoms with Crippen LogP contribution in [0.4, 0.5) is 0 Å². The lowest BCUT2D eigenvalue weighted by atomic mass is 9.68. The monoisotopic (exact) mass is 652 g/mol. The van der Waals surface area contributed by atoms with E-state index in [1.807, 2.05) is 0 Å². The highest BCUT2D eigenvalue weighted by molar-refractivity contribution is 6.89. The molecule has 1 aliphatic heterocycles. The maximum Gasteiger partial charge on any atom is 0.335 e. The van der Waals surface area contributed by atoms with Crippen molar-refractivity contribution in [1.82, 2.24) is 0 Å². The summed E-state index contributed by atoms with van der Waals surface area (Å²) in [5.41, 5.74) is 2.12. The molecule has 0 bridgehead atoms. The van der Waals surface area contributed by atoms with E-state index in [2.05, 4.69) is 57.8 Å². The first-order chi connectivity index (χ1) is 22.2. The minimum absolute atomic E-state index is 0.128. The zero-order chi connectivity index (χ0) is 32.8. The second kappa shape index (κ2) is 18.9. The van der Waals surface area contributed by atoms with E-state index in [9.17, 15) is 4.79 Å². The fraction of sp³-hybridized carbons (Fsp3) is 0.780. The third-order valence-electron chi connectivity index (χ3n) is 12.0. The average Bonchev–Trinajstić information content (AvgIpc) is 3.05. The summed E-state index contributed by atoms with van der Waals surface area (Å²) < 4.78 is 16.7. The lowest BCUT2D eigenvalue weighted by Gasteiger charge is -2.41. The van der Waals surface area contributed by atoms with Crippen molar-refractivity contribution in [1.29, 1.82) is 0 Å². The van der Waals surface area contributed by atoms with Crippen molar-refractivity contribution >= 4 is 19.2 Å². The van der Waals surface area contributed by atoms with Crippen LogP contribution in [0.2, 0.25) is 19.1 Å². The van der Waals surface area contributed by atoms with Crippen LogP contribution in [0.25, 0.3) is 0 Å². The maximum absolute atomic E-state index is 12.3. The van der Waals surface area contributed by atoms with Gasteiger partial charge in [-0.1, -0.05) is 127 Å². The first-order valence-corrected chi connectivity index (χ1v) is 22.6. The van der Waals surface area contributed by atoms with Crippen molar-refractivity contribution in [2.24, 2.45) is 23.2 Å². The largest absolute Gasteiger partial charge is 0.462 e. The molecule has 2 aliphatic carbocycles. The molecule has 0 atom stereocenters. The van der Waals surface area contributed by atoms with Gasteiger partial charge >= 0.3 is 5.97 Å². The van der Waals surface area contributed by atoms with Crippen molar-refractivity contribution in [2.75, 3.05) is 33.0 Å². The molecule has 0 amide bonds. The van der Waals surface area contributed by atoms with Crippen LogP contribution < -0.4 is 5.19 Å².